The topological polar surface area (TPSA) is 29.1 Å². The highest BCUT2D eigenvalue weighted by Gasteiger charge is 2.02. The number of benzene rings is 2. The molecule has 1 N–H and O–H groups in total. The molecule has 0 saturated carbocycles. The van der Waals surface area contributed by atoms with Crippen LogP contribution >= 0.6 is 11.8 Å². The molecular formula is C16H19NOS. The van der Waals surface area contributed by atoms with Gasteiger partial charge in [0.25, 0.3) is 0 Å². The molecule has 100 valence electrons. The third-order valence-corrected chi connectivity index (χ3v) is 3.94. The van der Waals surface area contributed by atoms with Gasteiger partial charge in [-0.15, -0.1) is 11.8 Å². The number of fused-ring (bicyclic) bond motifs is 1. The zero-order valence-electron chi connectivity index (χ0n) is 11.2. The molecule has 2 rings (SSSR count). The van der Waals surface area contributed by atoms with E-state index in [4.69, 9.17) is 0 Å². The molecule has 0 heterocycles. The fourth-order valence-corrected chi connectivity index (χ4v) is 2.64. The van der Waals surface area contributed by atoms with Crippen molar-refractivity contribution >= 4 is 28.4 Å². The van der Waals surface area contributed by atoms with Crippen molar-refractivity contribution in [1.29, 1.82) is 0 Å². The lowest BCUT2D eigenvalue weighted by molar-refractivity contribution is -0.118. The van der Waals surface area contributed by atoms with Gasteiger partial charge in [0, 0.05) is 11.4 Å². The van der Waals surface area contributed by atoms with Gasteiger partial charge in [0.15, 0.2) is 0 Å². The number of thioether (sulfide) groups is 1. The number of nitrogens with one attached hydrogen (secondary N) is 1. The molecule has 0 aliphatic heterocycles. The lowest BCUT2D eigenvalue weighted by Crippen LogP contribution is -2.25. The summed E-state index contributed by atoms with van der Waals surface area (Å²) in [5, 5.41) is 5.39. The molecule has 0 fully saturated rings. The van der Waals surface area contributed by atoms with Crippen LogP contribution in [0.2, 0.25) is 0 Å². The Morgan fingerprint density at radius 2 is 1.95 bits per heavy atom. The highest BCUT2D eigenvalue weighted by Crippen LogP contribution is 2.23. The van der Waals surface area contributed by atoms with E-state index in [1.165, 1.54) is 10.8 Å². The third kappa shape index (κ3) is 4.28. The Hall–Kier alpha value is -1.48. The highest BCUT2D eigenvalue weighted by molar-refractivity contribution is 8.00. The lowest BCUT2D eigenvalue weighted by Gasteiger charge is -2.05. The molecule has 0 unspecified atom stereocenters. The first kappa shape index (κ1) is 13.9. The maximum absolute atomic E-state index is 11.6. The highest BCUT2D eigenvalue weighted by atomic mass is 32.2. The van der Waals surface area contributed by atoms with Crippen molar-refractivity contribution < 1.29 is 4.79 Å². The number of hydrogen-bond acceptors (Lipinski definition) is 2. The zero-order valence-corrected chi connectivity index (χ0v) is 12.0. The Morgan fingerprint density at radius 3 is 2.74 bits per heavy atom. The van der Waals surface area contributed by atoms with Gasteiger partial charge in [0.2, 0.25) is 5.91 Å². The van der Waals surface area contributed by atoms with Gasteiger partial charge in [-0.1, -0.05) is 43.7 Å². The third-order valence-electron chi connectivity index (χ3n) is 2.94. The first-order valence-electron chi connectivity index (χ1n) is 6.68. The quantitative estimate of drug-likeness (QED) is 0.640. The van der Waals surface area contributed by atoms with Gasteiger partial charge in [-0.2, -0.15) is 0 Å². The number of rotatable bonds is 6. The molecule has 3 heteroatoms. The summed E-state index contributed by atoms with van der Waals surface area (Å²) in [6.45, 7) is 2.91. The average Bonchev–Trinajstić information content (AvgIpc) is 2.45. The minimum Gasteiger partial charge on any atom is -0.355 e. The molecule has 1 amide bonds. The second-order valence-corrected chi connectivity index (χ2v) is 5.55. The Bertz CT molecular complexity index is 553. The Kier molecular flexibility index (Phi) is 5.28. The van der Waals surface area contributed by atoms with Crippen LogP contribution in [0.4, 0.5) is 0 Å². The van der Waals surface area contributed by atoms with Crippen LogP contribution < -0.4 is 5.32 Å². The Labute approximate surface area is 118 Å². The van der Waals surface area contributed by atoms with Crippen molar-refractivity contribution in [2.75, 3.05) is 12.3 Å². The second-order valence-electron chi connectivity index (χ2n) is 4.50. The summed E-state index contributed by atoms with van der Waals surface area (Å²) < 4.78 is 0. The van der Waals surface area contributed by atoms with E-state index in [0.29, 0.717) is 5.75 Å². The predicted octanol–water partition coefficient (Wildman–Crippen LogP) is 3.85. The normalized spacial score (nSPS) is 10.6. The molecule has 0 spiro atoms. The van der Waals surface area contributed by atoms with E-state index in [9.17, 15) is 4.79 Å². The van der Waals surface area contributed by atoms with Crippen LogP contribution in [0.15, 0.2) is 47.4 Å². The predicted molar refractivity (Wildman–Crippen MR) is 82.6 cm³/mol. The van der Waals surface area contributed by atoms with Gasteiger partial charge in [0.05, 0.1) is 5.75 Å². The number of carbonyl (C=O) groups excluding carboxylic acids is 1. The minimum atomic E-state index is 0.117. The summed E-state index contributed by atoms with van der Waals surface area (Å²) in [5.41, 5.74) is 0. The second kappa shape index (κ2) is 7.19. The summed E-state index contributed by atoms with van der Waals surface area (Å²) in [5.74, 6) is 0.605. The van der Waals surface area contributed by atoms with E-state index in [2.05, 4.69) is 42.6 Å². The molecule has 0 atom stereocenters. The Morgan fingerprint density at radius 1 is 1.16 bits per heavy atom. The molecular weight excluding hydrogens is 254 g/mol. The minimum absolute atomic E-state index is 0.117. The van der Waals surface area contributed by atoms with Crippen LogP contribution in [-0.4, -0.2) is 18.2 Å². The zero-order chi connectivity index (χ0) is 13.5. The summed E-state index contributed by atoms with van der Waals surface area (Å²) in [4.78, 5) is 12.8. The number of amides is 1. The maximum atomic E-state index is 11.6. The molecule has 0 radical (unpaired) electrons. The molecule has 19 heavy (non-hydrogen) atoms. The van der Waals surface area contributed by atoms with Crippen molar-refractivity contribution in [1.82, 2.24) is 5.32 Å². The van der Waals surface area contributed by atoms with Crippen LogP contribution in [0.3, 0.4) is 0 Å². The molecule has 2 aromatic rings. The molecule has 2 aromatic carbocycles. The van der Waals surface area contributed by atoms with Gasteiger partial charge in [0.1, 0.15) is 0 Å². The van der Waals surface area contributed by atoms with Gasteiger partial charge in [-0.3, -0.25) is 4.79 Å². The molecule has 0 aliphatic rings. The number of carbonyl (C=O) groups is 1. The van der Waals surface area contributed by atoms with Crippen molar-refractivity contribution in [3.8, 4) is 0 Å². The molecule has 2 nitrogen and oxygen atoms in total. The van der Waals surface area contributed by atoms with E-state index < -0.39 is 0 Å². The van der Waals surface area contributed by atoms with Crippen LogP contribution in [0, 0.1) is 0 Å². The SMILES string of the molecule is CCCCNC(=O)CSc1ccc2ccccc2c1. The van der Waals surface area contributed by atoms with Crippen molar-refractivity contribution in [3.63, 3.8) is 0 Å². The van der Waals surface area contributed by atoms with Gasteiger partial charge < -0.3 is 5.32 Å². The fraction of sp³-hybridized carbons (Fsp3) is 0.312. The van der Waals surface area contributed by atoms with Gasteiger partial charge >= 0.3 is 0 Å². The lowest BCUT2D eigenvalue weighted by atomic mass is 10.1. The molecule has 0 bridgehead atoms. The maximum Gasteiger partial charge on any atom is 0.230 e. The van der Waals surface area contributed by atoms with E-state index in [0.717, 1.165) is 24.3 Å². The van der Waals surface area contributed by atoms with E-state index in [1.807, 2.05) is 12.1 Å². The molecule has 0 aliphatic carbocycles. The number of unbranched alkanes of at least 4 members (excludes halogenated alkanes) is 1. The van der Waals surface area contributed by atoms with E-state index in [-0.39, 0.29) is 5.91 Å². The molecule has 0 aromatic heterocycles. The van der Waals surface area contributed by atoms with Crippen molar-refractivity contribution in [3.05, 3.63) is 42.5 Å². The average molecular weight is 273 g/mol. The first-order valence-corrected chi connectivity index (χ1v) is 7.66. The summed E-state index contributed by atoms with van der Waals surface area (Å²) in [6, 6.07) is 14.6. The van der Waals surface area contributed by atoms with Gasteiger partial charge in [-0.25, -0.2) is 0 Å². The van der Waals surface area contributed by atoms with E-state index >= 15 is 0 Å². The standard InChI is InChI=1S/C16H19NOS/c1-2-3-10-17-16(18)12-19-15-9-8-13-6-4-5-7-14(13)11-15/h4-9,11H,2-3,10,12H2,1H3,(H,17,18). The molecule has 0 saturated heterocycles. The van der Waals surface area contributed by atoms with E-state index in [1.54, 1.807) is 11.8 Å². The fourth-order valence-electron chi connectivity index (χ4n) is 1.86. The number of hydrogen-bond donors (Lipinski definition) is 1. The van der Waals surface area contributed by atoms with Gasteiger partial charge in [-0.05, 0) is 29.3 Å². The van der Waals surface area contributed by atoms with Crippen LogP contribution in [0.5, 0.6) is 0 Å². The smallest absolute Gasteiger partial charge is 0.230 e. The Balaban J connectivity index is 1.89. The summed E-state index contributed by atoms with van der Waals surface area (Å²) >= 11 is 1.59. The van der Waals surface area contributed by atoms with Crippen molar-refractivity contribution in [2.24, 2.45) is 0 Å². The summed E-state index contributed by atoms with van der Waals surface area (Å²) in [6.07, 6.45) is 2.16. The summed E-state index contributed by atoms with van der Waals surface area (Å²) in [7, 11) is 0. The van der Waals surface area contributed by atoms with Crippen LogP contribution in [0.25, 0.3) is 10.8 Å². The van der Waals surface area contributed by atoms with Crippen molar-refractivity contribution in [2.45, 2.75) is 24.7 Å². The first-order chi connectivity index (χ1) is 9.29. The van der Waals surface area contributed by atoms with Crippen LogP contribution in [-0.2, 0) is 4.79 Å². The monoisotopic (exact) mass is 273 g/mol. The van der Waals surface area contributed by atoms with Crippen LogP contribution in [0.1, 0.15) is 19.8 Å². The largest absolute Gasteiger partial charge is 0.355 e.